The van der Waals surface area contributed by atoms with Crippen LogP contribution in [0.25, 0.3) is 11.2 Å². The molecule has 0 aliphatic carbocycles. The molecule has 0 saturated carbocycles. The summed E-state index contributed by atoms with van der Waals surface area (Å²) in [5, 5.41) is 3.14. The number of Topliss-reactive ketones (excluding diaryl/α,β-unsaturated/α-hetero) is 1. The van der Waals surface area contributed by atoms with Gasteiger partial charge in [0.15, 0.2) is 17.7 Å². The standard InChI is InChI=1S/C25H29N5O7S/c1-14(31)9-26-24(32)34-10-17-19-20(37-25(2,3)36-19)23(35-17)30-13-29-18-21(30)27-12-28-22(18)38-11-15-5-7-16(33-4)8-6-15/h5-8,12-13,17,19-20,23H,9-11H2,1-4H3,(H,26,32)/t17-,19+,20?,23-/m1/s1. The largest absolute Gasteiger partial charge is 0.497 e. The second-order valence-corrected chi connectivity index (χ2v) is 10.4. The van der Waals surface area contributed by atoms with Gasteiger partial charge in [0.1, 0.15) is 53.3 Å². The van der Waals surface area contributed by atoms with Crippen molar-refractivity contribution >= 4 is 34.8 Å². The highest BCUT2D eigenvalue weighted by atomic mass is 32.2. The maximum absolute atomic E-state index is 12.0. The van der Waals surface area contributed by atoms with Crippen LogP contribution in [0, 0.1) is 0 Å². The molecule has 0 spiro atoms. The third kappa shape index (κ3) is 5.60. The Labute approximate surface area is 223 Å². The number of imidazole rings is 1. The van der Waals surface area contributed by atoms with E-state index in [1.54, 1.807) is 29.8 Å². The zero-order chi connectivity index (χ0) is 26.9. The summed E-state index contributed by atoms with van der Waals surface area (Å²) >= 11 is 1.56. The molecule has 3 aromatic rings. The fourth-order valence-electron chi connectivity index (χ4n) is 4.42. The van der Waals surface area contributed by atoms with Gasteiger partial charge in [-0.25, -0.2) is 19.7 Å². The summed E-state index contributed by atoms with van der Waals surface area (Å²) in [7, 11) is 1.64. The molecule has 4 heterocycles. The van der Waals surface area contributed by atoms with Gasteiger partial charge in [0.2, 0.25) is 0 Å². The predicted octanol–water partition coefficient (Wildman–Crippen LogP) is 2.86. The number of hydrogen-bond acceptors (Lipinski definition) is 11. The van der Waals surface area contributed by atoms with E-state index in [9.17, 15) is 9.59 Å². The summed E-state index contributed by atoms with van der Waals surface area (Å²) in [6.45, 7) is 4.84. The average molecular weight is 544 g/mol. The van der Waals surface area contributed by atoms with Crippen LogP contribution < -0.4 is 10.1 Å². The van der Waals surface area contributed by atoms with Crippen molar-refractivity contribution in [3.05, 3.63) is 42.5 Å². The van der Waals surface area contributed by atoms with Gasteiger partial charge >= 0.3 is 6.09 Å². The van der Waals surface area contributed by atoms with E-state index < -0.39 is 36.4 Å². The van der Waals surface area contributed by atoms with Gasteiger partial charge in [-0.05, 0) is 38.5 Å². The SMILES string of the molecule is COc1ccc(CSc2ncnc3c2ncn3[C@@H]2O[C@H](COC(=O)NCC(C)=O)[C@@H]3OC(C)(C)OC32)cc1. The maximum Gasteiger partial charge on any atom is 0.407 e. The van der Waals surface area contributed by atoms with Gasteiger partial charge in [0, 0.05) is 5.75 Å². The van der Waals surface area contributed by atoms with Gasteiger partial charge in [-0.15, -0.1) is 0 Å². The van der Waals surface area contributed by atoms with Crippen molar-refractivity contribution in [2.24, 2.45) is 0 Å². The lowest BCUT2D eigenvalue weighted by Crippen LogP contribution is -2.36. The summed E-state index contributed by atoms with van der Waals surface area (Å²) in [5.74, 6) is 0.476. The Hall–Kier alpha value is -3.26. The number of alkyl carbamates (subject to hydrolysis) is 1. The number of nitrogens with one attached hydrogen (secondary N) is 1. The number of rotatable bonds is 9. The van der Waals surface area contributed by atoms with Gasteiger partial charge in [0.05, 0.1) is 20.0 Å². The van der Waals surface area contributed by atoms with E-state index in [2.05, 4.69) is 20.3 Å². The quantitative estimate of drug-likeness (QED) is 0.315. The number of hydrogen-bond donors (Lipinski definition) is 1. The number of methoxy groups -OCH3 is 1. The highest BCUT2D eigenvalue weighted by molar-refractivity contribution is 7.98. The molecule has 1 aromatic carbocycles. The topological polar surface area (TPSA) is 136 Å². The molecule has 1 unspecified atom stereocenters. The highest BCUT2D eigenvalue weighted by Gasteiger charge is 2.56. The number of fused-ring (bicyclic) bond motifs is 2. The predicted molar refractivity (Wildman–Crippen MR) is 136 cm³/mol. The molecule has 5 rings (SSSR count). The van der Waals surface area contributed by atoms with Crippen molar-refractivity contribution in [2.45, 2.75) is 61.9 Å². The minimum absolute atomic E-state index is 0.0780. The Morgan fingerprint density at radius 3 is 2.63 bits per heavy atom. The van der Waals surface area contributed by atoms with Crippen molar-refractivity contribution in [3.8, 4) is 5.75 Å². The van der Waals surface area contributed by atoms with Gasteiger partial charge in [-0.2, -0.15) is 0 Å². The smallest absolute Gasteiger partial charge is 0.407 e. The normalized spacial score (nSPS) is 23.8. The van der Waals surface area contributed by atoms with Crippen LogP contribution in [-0.2, 0) is 29.5 Å². The number of ketones is 1. The van der Waals surface area contributed by atoms with E-state index in [4.69, 9.17) is 23.7 Å². The third-order valence-corrected chi connectivity index (χ3v) is 7.17. The van der Waals surface area contributed by atoms with E-state index in [0.29, 0.717) is 16.9 Å². The van der Waals surface area contributed by atoms with Crippen molar-refractivity contribution in [1.82, 2.24) is 24.8 Å². The summed E-state index contributed by atoms with van der Waals surface area (Å²) < 4.78 is 30.8. The molecule has 0 radical (unpaired) electrons. The van der Waals surface area contributed by atoms with Crippen LogP contribution in [0.3, 0.4) is 0 Å². The van der Waals surface area contributed by atoms with Crippen LogP contribution in [0.5, 0.6) is 5.75 Å². The molecule has 2 aliphatic rings. The average Bonchev–Trinajstić information content (AvgIpc) is 3.56. The van der Waals surface area contributed by atoms with Crippen LogP contribution in [0.1, 0.15) is 32.6 Å². The Morgan fingerprint density at radius 1 is 1.13 bits per heavy atom. The summed E-state index contributed by atoms with van der Waals surface area (Å²) in [6.07, 6.45) is 0.254. The highest BCUT2D eigenvalue weighted by Crippen LogP contribution is 2.44. The first-order chi connectivity index (χ1) is 18.2. The minimum atomic E-state index is -0.850. The Kier molecular flexibility index (Phi) is 7.52. The van der Waals surface area contributed by atoms with Crippen molar-refractivity contribution < 1.29 is 33.3 Å². The van der Waals surface area contributed by atoms with Crippen LogP contribution in [-0.4, -0.2) is 75.8 Å². The number of benzene rings is 1. The van der Waals surface area contributed by atoms with Crippen LogP contribution in [0.2, 0.25) is 0 Å². The second-order valence-electron chi connectivity index (χ2n) is 9.42. The lowest BCUT2D eigenvalue weighted by Gasteiger charge is -2.24. The lowest BCUT2D eigenvalue weighted by atomic mass is 10.1. The van der Waals surface area contributed by atoms with Crippen molar-refractivity contribution in [3.63, 3.8) is 0 Å². The Bertz CT molecular complexity index is 1320. The van der Waals surface area contributed by atoms with Gasteiger partial charge in [-0.1, -0.05) is 23.9 Å². The first-order valence-corrected chi connectivity index (χ1v) is 13.1. The zero-order valence-corrected chi connectivity index (χ0v) is 22.3. The molecule has 2 aromatic heterocycles. The fourth-order valence-corrected chi connectivity index (χ4v) is 5.32. The molecule has 1 N–H and O–H groups in total. The molecule has 2 fully saturated rings. The molecular weight excluding hydrogens is 514 g/mol. The van der Waals surface area contributed by atoms with Crippen LogP contribution >= 0.6 is 11.8 Å². The molecule has 12 nitrogen and oxygen atoms in total. The number of nitrogens with zero attached hydrogens (tertiary/aromatic N) is 4. The number of carbonyl (C=O) groups excluding carboxylic acids is 2. The van der Waals surface area contributed by atoms with Gasteiger partial charge in [0.25, 0.3) is 0 Å². The van der Waals surface area contributed by atoms with E-state index >= 15 is 0 Å². The van der Waals surface area contributed by atoms with Crippen LogP contribution in [0.4, 0.5) is 4.79 Å². The minimum Gasteiger partial charge on any atom is -0.497 e. The van der Waals surface area contributed by atoms with Crippen molar-refractivity contribution in [2.75, 3.05) is 20.3 Å². The van der Waals surface area contributed by atoms with E-state index in [1.165, 1.54) is 13.3 Å². The molecule has 202 valence electrons. The van der Waals surface area contributed by atoms with Gasteiger partial charge < -0.3 is 29.0 Å². The van der Waals surface area contributed by atoms with Crippen LogP contribution in [0.15, 0.2) is 41.9 Å². The van der Waals surface area contributed by atoms with Gasteiger partial charge in [-0.3, -0.25) is 9.36 Å². The molecule has 38 heavy (non-hydrogen) atoms. The molecule has 1 amide bonds. The van der Waals surface area contributed by atoms with E-state index in [0.717, 1.165) is 16.3 Å². The first-order valence-electron chi connectivity index (χ1n) is 12.1. The summed E-state index contributed by atoms with van der Waals surface area (Å²) in [6, 6.07) is 7.87. The third-order valence-electron chi connectivity index (χ3n) is 6.12. The maximum atomic E-state index is 12.0. The Balaban J connectivity index is 1.33. The second kappa shape index (κ2) is 10.8. The number of ether oxygens (including phenoxy) is 5. The lowest BCUT2D eigenvalue weighted by molar-refractivity contribution is -0.199. The number of thioether (sulfide) groups is 1. The first kappa shape index (κ1) is 26.4. The number of carbonyl (C=O) groups is 2. The van der Waals surface area contributed by atoms with Crippen molar-refractivity contribution in [1.29, 1.82) is 0 Å². The fraction of sp³-hybridized carbons (Fsp3) is 0.480. The number of amides is 1. The monoisotopic (exact) mass is 543 g/mol. The zero-order valence-electron chi connectivity index (χ0n) is 21.4. The summed E-state index contributed by atoms with van der Waals surface area (Å²) in [4.78, 5) is 36.6. The molecular formula is C25H29N5O7S. The molecule has 4 atom stereocenters. The molecule has 13 heteroatoms. The van der Waals surface area contributed by atoms with E-state index in [-0.39, 0.29) is 18.9 Å². The molecule has 2 saturated heterocycles. The van der Waals surface area contributed by atoms with E-state index in [1.807, 2.05) is 38.1 Å². The molecule has 0 bridgehead atoms. The summed E-state index contributed by atoms with van der Waals surface area (Å²) in [5.41, 5.74) is 2.36. The molecule has 2 aliphatic heterocycles. The number of aromatic nitrogens is 4. The Morgan fingerprint density at radius 2 is 1.89 bits per heavy atom.